The number of carbonyl (C=O) groups excluding carboxylic acids is 1. The Morgan fingerprint density at radius 1 is 1.14 bits per heavy atom. The van der Waals surface area contributed by atoms with E-state index in [1.807, 2.05) is 52.1 Å². The number of hydrogen-bond donors (Lipinski definition) is 2. The first kappa shape index (κ1) is 20.3. The van der Waals surface area contributed by atoms with Crippen LogP contribution in [0.2, 0.25) is 0 Å². The lowest BCUT2D eigenvalue weighted by Gasteiger charge is -2.14. The Morgan fingerprint density at radius 3 is 2.55 bits per heavy atom. The Bertz CT molecular complexity index is 1070. The quantitative estimate of drug-likeness (QED) is 0.522. The van der Waals surface area contributed by atoms with Crippen molar-refractivity contribution in [2.45, 2.75) is 27.3 Å². The molecule has 0 aliphatic rings. The van der Waals surface area contributed by atoms with Crippen LogP contribution in [0.15, 0.2) is 53.5 Å². The molecule has 0 atom stereocenters. The normalized spacial score (nSPS) is 11.4. The van der Waals surface area contributed by atoms with Crippen LogP contribution >= 0.6 is 0 Å². The van der Waals surface area contributed by atoms with Crippen molar-refractivity contribution in [1.82, 2.24) is 15.1 Å². The fraction of sp³-hybridized carbons (Fsp3) is 0.227. The standard InChI is InChI=1S/C22H24FN5O/c1-14-8-5-6-11-20(14)25-22(24-13-19-15(2)27-28(4)16(19)3)26-21(29)17-9-7-10-18(23)12-17/h5-12H,13H2,1-4H3,(H2,24,25,26,29). The Morgan fingerprint density at radius 2 is 1.90 bits per heavy atom. The summed E-state index contributed by atoms with van der Waals surface area (Å²) in [6, 6.07) is 13.2. The van der Waals surface area contributed by atoms with Gasteiger partial charge in [0.2, 0.25) is 5.96 Å². The fourth-order valence-corrected chi connectivity index (χ4v) is 2.96. The van der Waals surface area contributed by atoms with Crippen LogP contribution in [0.4, 0.5) is 10.1 Å². The van der Waals surface area contributed by atoms with Crippen LogP contribution in [0.1, 0.15) is 32.9 Å². The van der Waals surface area contributed by atoms with E-state index in [0.29, 0.717) is 6.54 Å². The van der Waals surface area contributed by atoms with E-state index in [1.54, 1.807) is 10.7 Å². The molecule has 2 N–H and O–H groups in total. The minimum Gasteiger partial charge on any atom is -0.326 e. The van der Waals surface area contributed by atoms with E-state index >= 15 is 0 Å². The number of aryl methyl sites for hydroxylation is 3. The highest BCUT2D eigenvalue weighted by Gasteiger charge is 2.13. The Labute approximate surface area is 169 Å². The van der Waals surface area contributed by atoms with Crippen LogP contribution in [0.5, 0.6) is 0 Å². The minimum atomic E-state index is -0.468. The number of aliphatic imine (C=N–C) groups is 1. The summed E-state index contributed by atoms with van der Waals surface area (Å²) in [7, 11) is 1.88. The molecule has 1 heterocycles. The third kappa shape index (κ3) is 4.87. The number of rotatable bonds is 4. The van der Waals surface area contributed by atoms with Crippen LogP contribution in [0.25, 0.3) is 0 Å². The molecule has 3 rings (SSSR count). The van der Waals surface area contributed by atoms with Gasteiger partial charge >= 0.3 is 0 Å². The lowest BCUT2D eigenvalue weighted by molar-refractivity contribution is 0.0976. The highest BCUT2D eigenvalue weighted by Crippen LogP contribution is 2.15. The molecule has 1 amide bonds. The zero-order chi connectivity index (χ0) is 21.0. The van der Waals surface area contributed by atoms with E-state index in [0.717, 1.165) is 28.2 Å². The number of carbonyl (C=O) groups is 1. The van der Waals surface area contributed by atoms with E-state index < -0.39 is 11.7 Å². The zero-order valence-electron chi connectivity index (χ0n) is 17.0. The van der Waals surface area contributed by atoms with Crippen molar-refractivity contribution in [2.75, 3.05) is 5.32 Å². The molecule has 2 aromatic carbocycles. The van der Waals surface area contributed by atoms with Gasteiger partial charge in [0, 0.05) is 29.6 Å². The van der Waals surface area contributed by atoms with Crippen molar-refractivity contribution in [3.8, 4) is 0 Å². The van der Waals surface area contributed by atoms with Gasteiger partial charge in [0.25, 0.3) is 5.91 Å². The number of aromatic nitrogens is 2. The molecule has 150 valence electrons. The smallest absolute Gasteiger partial charge is 0.258 e. The molecular formula is C22H24FN5O. The number of amides is 1. The second kappa shape index (κ2) is 8.68. The number of anilines is 1. The third-order valence-electron chi connectivity index (χ3n) is 4.77. The Balaban J connectivity index is 1.88. The van der Waals surface area contributed by atoms with Crippen LogP contribution < -0.4 is 10.6 Å². The predicted octanol–water partition coefficient (Wildman–Crippen LogP) is 3.88. The maximum atomic E-state index is 13.5. The molecule has 3 aromatic rings. The van der Waals surface area contributed by atoms with Crippen LogP contribution in [0.3, 0.4) is 0 Å². The van der Waals surface area contributed by atoms with Gasteiger partial charge in [0.05, 0.1) is 12.2 Å². The first-order chi connectivity index (χ1) is 13.8. The van der Waals surface area contributed by atoms with Gasteiger partial charge < -0.3 is 5.32 Å². The fourth-order valence-electron chi connectivity index (χ4n) is 2.96. The van der Waals surface area contributed by atoms with Gasteiger partial charge in [-0.05, 0) is 50.6 Å². The first-order valence-corrected chi connectivity index (χ1v) is 9.28. The van der Waals surface area contributed by atoms with Crippen molar-refractivity contribution >= 4 is 17.6 Å². The number of halogens is 1. The van der Waals surface area contributed by atoms with Crippen molar-refractivity contribution < 1.29 is 9.18 Å². The largest absolute Gasteiger partial charge is 0.326 e. The number of nitrogens with zero attached hydrogens (tertiary/aromatic N) is 3. The maximum Gasteiger partial charge on any atom is 0.258 e. The van der Waals surface area contributed by atoms with Crippen LogP contribution in [-0.2, 0) is 13.6 Å². The van der Waals surface area contributed by atoms with Crippen molar-refractivity contribution in [2.24, 2.45) is 12.0 Å². The first-order valence-electron chi connectivity index (χ1n) is 9.28. The van der Waals surface area contributed by atoms with Crippen LogP contribution in [-0.4, -0.2) is 21.6 Å². The molecule has 0 fully saturated rings. The molecule has 0 aliphatic carbocycles. The summed E-state index contributed by atoms with van der Waals surface area (Å²) in [5, 5.41) is 10.3. The number of para-hydroxylation sites is 1. The maximum absolute atomic E-state index is 13.5. The Hall–Kier alpha value is -3.48. The van der Waals surface area contributed by atoms with Gasteiger partial charge in [-0.1, -0.05) is 24.3 Å². The number of hydrogen-bond acceptors (Lipinski definition) is 3. The summed E-state index contributed by atoms with van der Waals surface area (Å²) >= 11 is 0. The minimum absolute atomic E-state index is 0.220. The molecule has 0 spiro atoms. The van der Waals surface area contributed by atoms with E-state index in [9.17, 15) is 9.18 Å². The topological polar surface area (TPSA) is 71.3 Å². The third-order valence-corrected chi connectivity index (χ3v) is 4.77. The molecule has 7 heteroatoms. The van der Waals surface area contributed by atoms with Gasteiger partial charge in [-0.25, -0.2) is 9.38 Å². The molecule has 0 radical (unpaired) electrons. The van der Waals surface area contributed by atoms with Crippen molar-refractivity contribution in [1.29, 1.82) is 0 Å². The van der Waals surface area contributed by atoms with Gasteiger partial charge in [-0.2, -0.15) is 5.10 Å². The van der Waals surface area contributed by atoms with E-state index in [1.165, 1.54) is 18.2 Å². The lowest BCUT2D eigenvalue weighted by atomic mass is 10.2. The molecule has 1 aromatic heterocycles. The summed E-state index contributed by atoms with van der Waals surface area (Å²) in [5.41, 5.74) is 4.95. The van der Waals surface area contributed by atoms with Crippen LogP contribution in [0, 0.1) is 26.6 Å². The van der Waals surface area contributed by atoms with Gasteiger partial charge in [-0.15, -0.1) is 0 Å². The molecule has 0 aliphatic heterocycles. The van der Waals surface area contributed by atoms with Gasteiger partial charge in [0.1, 0.15) is 5.82 Å². The molecule has 0 bridgehead atoms. The summed E-state index contributed by atoms with van der Waals surface area (Å²) in [4.78, 5) is 17.2. The average Bonchev–Trinajstić information content (AvgIpc) is 2.93. The molecule has 0 unspecified atom stereocenters. The van der Waals surface area contributed by atoms with Crippen molar-refractivity contribution in [3.63, 3.8) is 0 Å². The predicted molar refractivity (Wildman–Crippen MR) is 112 cm³/mol. The van der Waals surface area contributed by atoms with Gasteiger partial charge in [-0.3, -0.25) is 14.8 Å². The highest BCUT2D eigenvalue weighted by molar-refractivity contribution is 6.10. The van der Waals surface area contributed by atoms with Gasteiger partial charge in [0.15, 0.2) is 0 Å². The van der Waals surface area contributed by atoms with E-state index in [-0.39, 0.29) is 11.5 Å². The SMILES string of the molecule is Cc1ccccc1NC(=NCc1c(C)nn(C)c1C)NC(=O)c1cccc(F)c1. The monoisotopic (exact) mass is 393 g/mol. The molecule has 29 heavy (non-hydrogen) atoms. The second-order valence-electron chi connectivity index (χ2n) is 6.84. The number of nitrogens with one attached hydrogen (secondary N) is 2. The Kier molecular flexibility index (Phi) is 6.07. The second-order valence-corrected chi connectivity index (χ2v) is 6.84. The zero-order valence-corrected chi connectivity index (χ0v) is 17.0. The lowest BCUT2D eigenvalue weighted by Crippen LogP contribution is -2.36. The van der Waals surface area contributed by atoms with Crippen molar-refractivity contribution in [3.05, 3.63) is 82.4 Å². The summed E-state index contributed by atoms with van der Waals surface area (Å²) < 4.78 is 15.3. The molecule has 0 saturated heterocycles. The van der Waals surface area contributed by atoms with E-state index in [2.05, 4.69) is 20.7 Å². The average molecular weight is 393 g/mol. The summed E-state index contributed by atoms with van der Waals surface area (Å²) in [6.07, 6.45) is 0. The number of guanidine groups is 1. The molecule has 6 nitrogen and oxygen atoms in total. The molecule has 0 saturated carbocycles. The molecular weight excluding hydrogens is 369 g/mol. The highest BCUT2D eigenvalue weighted by atomic mass is 19.1. The summed E-state index contributed by atoms with van der Waals surface area (Å²) in [5.74, 6) is -0.621. The van der Waals surface area contributed by atoms with E-state index in [4.69, 9.17) is 0 Å². The number of benzene rings is 2. The summed E-state index contributed by atoms with van der Waals surface area (Å²) in [6.45, 7) is 6.22.